The van der Waals surface area contributed by atoms with Crippen LogP contribution in [0.15, 0.2) is 0 Å². The Morgan fingerprint density at radius 1 is 0.643 bits per heavy atom. The minimum absolute atomic E-state index is 0.235. The molecule has 0 aliphatic carbocycles. The lowest BCUT2D eigenvalue weighted by Gasteiger charge is -2.38. The van der Waals surface area contributed by atoms with Gasteiger partial charge in [0.05, 0.1) is 13.2 Å². The highest BCUT2D eigenvalue weighted by Crippen LogP contribution is 2.18. The number of hydrogen-bond donors (Lipinski definition) is 0. The van der Waals surface area contributed by atoms with Crippen LogP contribution in [0.25, 0.3) is 0 Å². The van der Waals surface area contributed by atoms with Crippen molar-refractivity contribution in [2.24, 2.45) is 23.7 Å². The molecule has 2 unspecified atom stereocenters. The minimum atomic E-state index is -0.712. The lowest BCUT2D eigenvalue weighted by molar-refractivity contribution is -0.165. The molecular weight excluding hydrogens is 356 g/mol. The molecule has 0 saturated heterocycles. The molecule has 0 amide bonds. The van der Waals surface area contributed by atoms with Gasteiger partial charge >= 0.3 is 11.9 Å². The van der Waals surface area contributed by atoms with Crippen molar-refractivity contribution in [3.8, 4) is 0 Å². The van der Waals surface area contributed by atoms with Crippen molar-refractivity contribution < 1.29 is 19.1 Å². The van der Waals surface area contributed by atoms with E-state index in [1.54, 1.807) is 4.90 Å². The number of nitrogens with zero attached hydrogens (tertiary/aromatic N) is 2. The fourth-order valence-corrected chi connectivity index (χ4v) is 3.01. The Hall–Kier alpha value is -1.14. The van der Waals surface area contributed by atoms with Crippen LogP contribution in [-0.2, 0) is 19.1 Å². The molecule has 0 heterocycles. The molecule has 0 radical (unpaired) electrons. The summed E-state index contributed by atoms with van der Waals surface area (Å²) in [6.45, 7) is 18.6. The zero-order valence-corrected chi connectivity index (χ0v) is 19.8. The van der Waals surface area contributed by atoms with Crippen LogP contribution in [0.3, 0.4) is 0 Å². The van der Waals surface area contributed by atoms with Crippen molar-refractivity contribution in [1.82, 2.24) is 9.80 Å². The molecule has 0 spiro atoms. The standard InChI is InChI=1S/C22H44N2O4/c1-15(2)11-24(12-16(3)4)20(22(26)28-14-18(7)8)19(23(9)10)21(25)27-13-17(5)6/h15-20H,11-14H2,1-10H3. The Morgan fingerprint density at radius 3 is 1.29 bits per heavy atom. The first-order valence-corrected chi connectivity index (χ1v) is 10.6. The molecule has 0 aromatic heterocycles. The van der Waals surface area contributed by atoms with Gasteiger partial charge in [0, 0.05) is 13.1 Å². The van der Waals surface area contributed by atoms with Crippen LogP contribution in [0.4, 0.5) is 0 Å². The minimum Gasteiger partial charge on any atom is -0.464 e. The molecular formula is C22H44N2O4. The molecule has 0 aromatic carbocycles. The van der Waals surface area contributed by atoms with Crippen LogP contribution in [0.1, 0.15) is 55.4 Å². The second kappa shape index (κ2) is 13.2. The molecule has 0 aromatic rings. The Kier molecular flexibility index (Phi) is 12.6. The quantitative estimate of drug-likeness (QED) is 0.442. The number of likely N-dealkylation sites (N-methyl/N-ethyl adjacent to an activating group) is 1. The number of rotatable bonds is 13. The van der Waals surface area contributed by atoms with Crippen LogP contribution >= 0.6 is 0 Å². The van der Waals surface area contributed by atoms with Crippen LogP contribution < -0.4 is 0 Å². The Bertz CT molecular complexity index is 451. The fraction of sp³-hybridized carbons (Fsp3) is 0.909. The third kappa shape index (κ3) is 10.4. The van der Waals surface area contributed by atoms with Gasteiger partial charge < -0.3 is 9.47 Å². The van der Waals surface area contributed by atoms with E-state index in [-0.39, 0.29) is 23.8 Å². The van der Waals surface area contributed by atoms with E-state index < -0.39 is 12.1 Å². The Labute approximate surface area is 172 Å². The van der Waals surface area contributed by atoms with Crippen molar-refractivity contribution in [3.05, 3.63) is 0 Å². The van der Waals surface area contributed by atoms with Gasteiger partial charge in [0.15, 0.2) is 0 Å². The van der Waals surface area contributed by atoms with Gasteiger partial charge in [0.2, 0.25) is 0 Å². The predicted octanol–water partition coefficient (Wildman–Crippen LogP) is 3.30. The first kappa shape index (κ1) is 26.9. The average Bonchev–Trinajstić information content (AvgIpc) is 2.53. The smallest absolute Gasteiger partial charge is 0.325 e. The second-order valence-corrected chi connectivity index (χ2v) is 9.64. The Balaban J connectivity index is 5.88. The van der Waals surface area contributed by atoms with Crippen molar-refractivity contribution in [3.63, 3.8) is 0 Å². The molecule has 0 N–H and O–H groups in total. The van der Waals surface area contributed by atoms with Crippen molar-refractivity contribution in [2.75, 3.05) is 40.4 Å². The SMILES string of the molecule is CC(C)COC(=O)C(C(C(=O)OCC(C)C)N(CC(C)C)CC(C)C)N(C)C. The van der Waals surface area contributed by atoms with Gasteiger partial charge in [-0.15, -0.1) is 0 Å². The first-order valence-electron chi connectivity index (χ1n) is 10.6. The summed E-state index contributed by atoms with van der Waals surface area (Å²) in [4.78, 5) is 30.0. The van der Waals surface area contributed by atoms with Crippen LogP contribution in [-0.4, -0.2) is 74.2 Å². The number of carbonyl (C=O) groups is 2. The summed E-state index contributed by atoms with van der Waals surface area (Å²) < 4.78 is 11.1. The van der Waals surface area contributed by atoms with E-state index in [0.717, 1.165) is 0 Å². The van der Waals surface area contributed by atoms with Gasteiger partial charge in [0.1, 0.15) is 12.1 Å². The van der Waals surface area contributed by atoms with Gasteiger partial charge in [0.25, 0.3) is 0 Å². The number of hydrogen-bond acceptors (Lipinski definition) is 6. The zero-order valence-electron chi connectivity index (χ0n) is 19.8. The summed E-state index contributed by atoms with van der Waals surface area (Å²) in [7, 11) is 3.62. The van der Waals surface area contributed by atoms with Crippen LogP contribution in [0, 0.1) is 23.7 Å². The number of ether oxygens (including phenoxy) is 2. The van der Waals surface area contributed by atoms with Crippen LogP contribution in [0.5, 0.6) is 0 Å². The zero-order chi connectivity index (χ0) is 22.0. The third-order valence-corrected chi connectivity index (χ3v) is 4.05. The number of esters is 2. The Morgan fingerprint density at radius 2 is 1.00 bits per heavy atom. The fourth-order valence-electron chi connectivity index (χ4n) is 3.01. The van der Waals surface area contributed by atoms with E-state index in [2.05, 4.69) is 32.6 Å². The first-order chi connectivity index (χ1) is 12.9. The highest BCUT2D eigenvalue weighted by molar-refractivity contribution is 5.87. The van der Waals surface area contributed by atoms with E-state index >= 15 is 0 Å². The predicted molar refractivity (Wildman–Crippen MR) is 114 cm³/mol. The maximum atomic E-state index is 13.1. The molecule has 2 atom stereocenters. The van der Waals surface area contributed by atoms with Gasteiger partial charge in [-0.25, -0.2) is 0 Å². The molecule has 0 bridgehead atoms. The van der Waals surface area contributed by atoms with Crippen LogP contribution in [0.2, 0.25) is 0 Å². The van der Waals surface area contributed by atoms with E-state index in [0.29, 0.717) is 38.1 Å². The van der Waals surface area contributed by atoms with E-state index in [1.807, 2.05) is 41.8 Å². The van der Waals surface area contributed by atoms with E-state index in [9.17, 15) is 9.59 Å². The molecule has 166 valence electrons. The average molecular weight is 401 g/mol. The maximum absolute atomic E-state index is 13.1. The van der Waals surface area contributed by atoms with Crippen molar-refractivity contribution in [2.45, 2.75) is 67.5 Å². The molecule has 6 nitrogen and oxygen atoms in total. The summed E-state index contributed by atoms with van der Waals surface area (Å²) in [5.74, 6) is 0.458. The largest absolute Gasteiger partial charge is 0.464 e. The lowest BCUT2D eigenvalue weighted by Crippen LogP contribution is -2.59. The normalized spacial score (nSPS) is 14.4. The topological polar surface area (TPSA) is 59.1 Å². The lowest BCUT2D eigenvalue weighted by atomic mass is 10.0. The van der Waals surface area contributed by atoms with Crippen molar-refractivity contribution in [1.29, 1.82) is 0 Å². The summed E-state index contributed by atoms with van der Waals surface area (Å²) >= 11 is 0. The second-order valence-electron chi connectivity index (χ2n) is 9.64. The van der Waals surface area contributed by atoms with Crippen molar-refractivity contribution >= 4 is 11.9 Å². The van der Waals surface area contributed by atoms with E-state index in [4.69, 9.17) is 9.47 Å². The summed E-state index contributed by atoms with van der Waals surface area (Å²) in [5.41, 5.74) is 0. The molecule has 0 rings (SSSR count). The number of carbonyl (C=O) groups excluding carboxylic acids is 2. The van der Waals surface area contributed by atoms with Gasteiger partial charge in [-0.05, 0) is 37.8 Å². The van der Waals surface area contributed by atoms with E-state index in [1.165, 1.54) is 0 Å². The molecule has 0 saturated carbocycles. The molecule has 0 aliphatic rings. The summed E-state index contributed by atoms with van der Waals surface area (Å²) in [6, 6.07) is -1.41. The highest BCUT2D eigenvalue weighted by atomic mass is 16.5. The summed E-state index contributed by atoms with van der Waals surface area (Å²) in [5, 5.41) is 0. The molecule has 6 heteroatoms. The highest BCUT2D eigenvalue weighted by Gasteiger charge is 2.42. The third-order valence-electron chi connectivity index (χ3n) is 4.05. The molecule has 0 fully saturated rings. The maximum Gasteiger partial charge on any atom is 0.325 e. The van der Waals surface area contributed by atoms with Gasteiger partial charge in [-0.2, -0.15) is 0 Å². The van der Waals surface area contributed by atoms with Gasteiger partial charge in [-0.3, -0.25) is 19.4 Å². The molecule has 0 aliphatic heterocycles. The monoisotopic (exact) mass is 400 g/mol. The molecule has 28 heavy (non-hydrogen) atoms. The summed E-state index contributed by atoms with van der Waals surface area (Å²) in [6.07, 6.45) is 0. The van der Waals surface area contributed by atoms with Gasteiger partial charge in [-0.1, -0.05) is 55.4 Å².